The number of hydrogen-bond acceptors (Lipinski definition) is 6. The number of methoxy groups -OCH3 is 1. The molecule has 0 bridgehead atoms. The molecule has 1 atom stereocenters. The lowest BCUT2D eigenvalue weighted by molar-refractivity contribution is -0.123. The molecule has 0 radical (unpaired) electrons. The van der Waals surface area contributed by atoms with E-state index in [-0.39, 0.29) is 58.8 Å². The molecule has 0 aliphatic heterocycles. The Morgan fingerprint density at radius 2 is 1.93 bits per heavy atom. The van der Waals surface area contributed by atoms with Crippen molar-refractivity contribution in [2.24, 2.45) is 5.41 Å². The van der Waals surface area contributed by atoms with Gasteiger partial charge in [-0.05, 0) is 42.9 Å². The highest BCUT2D eigenvalue weighted by Crippen LogP contribution is 2.29. The third-order valence-electron chi connectivity index (χ3n) is 6.24. The van der Waals surface area contributed by atoms with Crippen LogP contribution in [0.1, 0.15) is 45.0 Å². The van der Waals surface area contributed by atoms with Crippen LogP contribution in [0.5, 0.6) is 0 Å². The Labute approximate surface area is 241 Å². The maximum atomic E-state index is 14.7. The fourth-order valence-corrected chi connectivity index (χ4v) is 4.17. The minimum atomic E-state index is -1.07. The molecule has 3 N–H and O–H groups in total. The van der Waals surface area contributed by atoms with Crippen LogP contribution in [0.4, 0.5) is 19.3 Å². The van der Waals surface area contributed by atoms with Gasteiger partial charge in [-0.15, -0.1) is 0 Å². The van der Waals surface area contributed by atoms with Gasteiger partial charge in [0, 0.05) is 31.9 Å². The van der Waals surface area contributed by atoms with E-state index in [1.165, 1.54) is 33.9 Å². The monoisotopic (exact) mass is 586 g/mol. The van der Waals surface area contributed by atoms with Crippen molar-refractivity contribution in [1.29, 1.82) is 0 Å². The summed E-state index contributed by atoms with van der Waals surface area (Å²) in [5, 5.41) is 4.95. The molecule has 3 aromatic rings. The van der Waals surface area contributed by atoms with Crippen molar-refractivity contribution in [2.75, 3.05) is 26.5 Å². The number of carbonyl (C=O) groups is 3. The zero-order valence-corrected chi connectivity index (χ0v) is 24.5. The summed E-state index contributed by atoms with van der Waals surface area (Å²) in [6, 6.07) is 2.68. The van der Waals surface area contributed by atoms with E-state index in [9.17, 15) is 28.0 Å². The van der Waals surface area contributed by atoms with E-state index in [0.29, 0.717) is 6.42 Å². The van der Waals surface area contributed by atoms with E-state index in [2.05, 4.69) is 25.3 Å². The molecule has 226 valence electrons. The number of fused-ring (bicyclic) bond motifs is 1. The SMILES string of the molecule is COC(=O)NC(CC/C=C/C(=O)N(C)C)C(=O)Nc1cccn(Cc2nc3c(CC(C)(C)C)c(F)cc(F)c3[nH]2)c1=O. The number of alkyl carbamates (subject to hydrolysis) is 1. The third-order valence-corrected chi connectivity index (χ3v) is 6.24. The first-order chi connectivity index (χ1) is 19.7. The van der Waals surface area contributed by atoms with Gasteiger partial charge in [-0.1, -0.05) is 26.8 Å². The standard InChI is InChI=1S/C29H36F2N6O5/c1-29(2,3)15-17-18(30)14-19(31)25-24(17)34-22(35-25)16-37-13-9-11-21(27(37)40)32-26(39)20(33-28(41)42-6)10-7-8-12-23(38)36(4)5/h8-9,11-14,20H,7,10,15-16H2,1-6H3,(H,32,39)(H,33,41)(H,34,35)/b12-8+. The Morgan fingerprint density at radius 3 is 2.57 bits per heavy atom. The zero-order valence-electron chi connectivity index (χ0n) is 24.5. The molecule has 1 aromatic carbocycles. The van der Waals surface area contributed by atoms with Gasteiger partial charge in [0.1, 0.15) is 28.9 Å². The molecule has 3 amide bonds. The molecule has 0 saturated heterocycles. The van der Waals surface area contributed by atoms with E-state index >= 15 is 0 Å². The molecular weight excluding hydrogens is 550 g/mol. The van der Waals surface area contributed by atoms with Crippen molar-refractivity contribution in [1.82, 2.24) is 24.8 Å². The van der Waals surface area contributed by atoms with Crippen molar-refractivity contribution in [3.05, 3.63) is 69.9 Å². The van der Waals surface area contributed by atoms with Gasteiger partial charge in [-0.3, -0.25) is 14.4 Å². The molecule has 2 aromatic heterocycles. The number of likely N-dealkylation sites (N-methyl/N-ethyl adjacent to an activating group) is 1. The summed E-state index contributed by atoms with van der Waals surface area (Å²) in [5.74, 6) is -2.16. The van der Waals surface area contributed by atoms with E-state index in [4.69, 9.17) is 0 Å². The van der Waals surface area contributed by atoms with Gasteiger partial charge < -0.3 is 29.8 Å². The molecule has 0 aliphatic rings. The normalized spacial score (nSPS) is 12.4. The first-order valence-corrected chi connectivity index (χ1v) is 13.3. The fourth-order valence-electron chi connectivity index (χ4n) is 4.17. The lowest BCUT2D eigenvalue weighted by Crippen LogP contribution is -2.44. The number of halogens is 2. The van der Waals surface area contributed by atoms with Crippen LogP contribution in [-0.4, -0.2) is 64.6 Å². The number of pyridine rings is 1. The predicted molar refractivity (Wildman–Crippen MR) is 154 cm³/mol. The number of ether oxygens (including phenoxy) is 1. The molecule has 1 unspecified atom stereocenters. The smallest absolute Gasteiger partial charge is 0.407 e. The summed E-state index contributed by atoms with van der Waals surface area (Å²) < 4.78 is 35.1. The van der Waals surface area contributed by atoms with Gasteiger partial charge in [0.2, 0.25) is 11.8 Å². The Morgan fingerprint density at radius 1 is 1.21 bits per heavy atom. The average Bonchev–Trinajstić information content (AvgIpc) is 3.34. The van der Waals surface area contributed by atoms with Crippen molar-refractivity contribution >= 4 is 34.6 Å². The van der Waals surface area contributed by atoms with E-state index < -0.39 is 35.2 Å². The summed E-state index contributed by atoms with van der Waals surface area (Å²) in [5.41, 5.74) is -0.455. The van der Waals surface area contributed by atoms with Crippen LogP contribution < -0.4 is 16.2 Å². The number of benzene rings is 1. The minimum absolute atomic E-state index is 0.0428. The highest BCUT2D eigenvalue weighted by molar-refractivity contribution is 5.96. The number of amides is 3. The number of aromatic nitrogens is 3. The minimum Gasteiger partial charge on any atom is -0.453 e. The number of imidazole rings is 1. The second-order valence-corrected chi connectivity index (χ2v) is 11.2. The molecule has 2 heterocycles. The molecule has 0 fully saturated rings. The van der Waals surface area contributed by atoms with Gasteiger partial charge in [0.25, 0.3) is 5.56 Å². The van der Waals surface area contributed by atoms with Crippen molar-refractivity contribution in [3.63, 3.8) is 0 Å². The van der Waals surface area contributed by atoms with Gasteiger partial charge in [-0.25, -0.2) is 18.6 Å². The lowest BCUT2D eigenvalue weighted by atomic mass is 9.87. The van der Waals surface area contributed by atoms with E-state index in [0.717, 1.165) is 13.2 Å². The van der Waals surface area contributed by atoms with Crippen LogP contribution in [0.25, 0.3) is 11.0 Å². The van der Waals surface area contributed by atoms with Crippen molar-refractivity contribution in [2.45, 2.75) is 52.6 Å². The highest BCUT2D eigenvalue weighted by atomic mass is 19.1. The molecule has 3 rings (SSSR count). The average molecular weight is 587 g/mol. The quantitative estimate of drug-likeness (QED) is 0.310. The summed E-state index contributed by atoms with van der Waals surface area (Å²) in [6.07, 6.45) is 4.28. The van der Waals surface area contributed by atoms with Crippen molar-refractivity contribution < 1.29 is 27.9 Å². The zero-order chi connectivity index (χ0) is 31.2. The summed E-state index contributed by atoms with van der Waals surface area (Å²) in [4.78, 5) is 58.4. The van der Waals surface area contributed by atoms with E-state index in [1.807, 2.05) is 20.8 Å². The Bertz CT molecular complexity index is 1550. The van der Waals surface area contributed by atoms with Gasteiger partial charge in [0.05, 0.1) is 19.2 Å². The molecule has 0 saturated carbocycles. The molecule has 11 nitrogen and oxygen atoms in total. The third kappa shape index (κ3) is 8.24. The second kappa shape index (κ2) is 13.4. The maximum Gasteiger partial charge on any atom is 0.407 e. The first kappa shape index (κ1) is 32.0. The molecule has 0 aliphatic carbocycles. The number of rotatable bonds is 10. The van der Waals surface area contributed by atoms with Gasteiger partial charge in [0.15, 0.2) is 5.82 Å². The number of allylic oxidation sites excluding steroid dienone is 1. The maximum absolute atomic E-state index is 14.7. The molecule has 42 heavy (non-hydrogen) atoms. The van der Waals surface area contributed by atoms with Gasteiger partial charge >= 0.3 is 6.09 Å². The van der Waals surface area contributed by atoms with Crippen LogP contribution in [0, 0.1) is 17.0 Å². The highest BCUT2D eigenvalue weighted by Gasteiger charge is 2.23. The first-order valence-electron chi connectivity index (χ1n) is 13.3. The largest absolute Gasteiger partial charge is 0.453 e. The van der Waals surface area contributed by atoms with Crippen LogP contribution in [0.3, 0.4) is 0 Å². The van der Waals surface area contributed by atoms with Crippen LogP contribution in [0.2, 0.25) is 0 Å². The number of hydrogen-bond donors (Lipinski definition) is 3. The fraction of sp³-hybridized carbons (Fsp3) is 0.414. The van der Waals surface area contributed by atoms with Crippen LogP contribution in [-0.2, 0) is 27.3 Å². The Kier molecular flexibility index (Phi) is 10.2. The number of nitrogens with zero attached hydrogens (tertiary/aromatic N) is 3. The van der Waals surface area contributed by atoms with Crippen molar-refractivity contribution in [3.8, 4) is 0 Å². The number of aromatic amines is 1. The van der Waals surface area contributed by atoms with E-state index in [1.54, 1.807) is 20.2 Å². The molecular formula is C29H36F2N6O5. The topological polar surface area (TPSA) is 138 Å². The lowest BCUT2D eigenvalue weighted by Gasteiger charge is -2.18. The van der Waals surface area contributed by atoms with Crippen LogP contribution >= 0.6 is 0 Å². The Balaban J connectivity index is 1.82. The summed E-state index contributed by atoms with van der Waals surface area (Å²) in [6.45, 7) is 5.69. The van der Waals surface area contributed by atoms with Gasteiger partial charge in [-0.2, -0.15) is 0 Å². The summed E-state index contributed by atoms with van der Waals surface area (Å²) in [7, 11) is 4.36. The molecule has 13 heteroatoms. The number of nitrogens with one attached hydrogen (secondary N) is 3. The Hall–Kier alpha value is -4.55. The second-order valence-electron chi connectivity index (χ2n) is 11.2. The predicted octanol–water partition coefficient (Wildman–Crippen LogP) is 3.73. The number of H-pyrrole nitrogens is 1. The number of carbonyl (C=O) groups excluding carboxylic acids is 3. The summed E-state index contributed by atoms with van der Waals surface area (Å²) >= 11 is 0. The number of anilines is 1. The molecule has 0 spiro atoms. The van der Waals surface area contributed by atoms with Crippen LogP contribution in [0.15, 0.2) is 41.3 Å².